The van der Waals surface area contributed by atoms with Gasteiger partial charge in [-0.25, -0.2) is 22.0 Å². The van der Waals surface area contributed by atoms with Gasteiger partial charge < -0.3 is 5.11 Å². The molecule has 1 heterocycles. The van der Waals surface area contributed by atoms with E-state index in [2.05, 4.69) is 4.98 Å². The number of aromatic nitrogens is 1. The van der Waals surface area contributed by atoms with E-state index in [1.165, 1.54) is 24.5 Å². The molecular weight excluding hydrogens is 306 g/mol. The van der Waals surface area contributed by atoms with Crippen molar-refractivity contribution in [2.75, 3.05) is 4.72 Å². The molecule has 2 rings (SSSR count). The van der Waals surface area contributed by atoms with Gasteiger partial charge in [0.1, 0.15) is 4.90 Å². The van der Waals surface area contributed by atoms with Gasteiger partial charge >= 0.3 is 5.97 Å². The molecule has 0 atom stereocenters. The molecule has 2 N–H and O–H groups in total. The molecule has 0 aliphatic carbocycles. The minimum absolute atomic E-state index is 0.0746. The van der Waals surface area contributed by atoms with E-state index in [0.29, 0.717) is 12.1 Å². The average molecular weight is 314 g/mol. The summed E-state index contributed by atoms with van der Waals surface area (Å²) in [5, 5.41) is 8.77. The number of pyridine rings is 1. The minimum atomic E-state index is -4.48. The summed E-state index contributed by atoms with van der Waals surface area (Å²) in [5.41, 5.74) is -0.602. The normalized spacial score (nSPS) is 11.1. The molecule has 6 nitrogen and oxygen atoms in total. The second kappa shape index (κ2) is 5.44. The number of sulfonamides is 1. The van der Waals surface area contributed by atoms with Crippen LogP contribution in [-0.4, -0.2) is 24.5 Å². The Hall–Kier alpha value is -2.55. The van der Waals surface area contributed by atoms with Crippen molar-refractivity contribution in [1.82, 2.24) is 4.98 Å². The zero-order valence-corrected chi connectivity index (χ0v) is 11.1. The first-order valence-electron chi connectivity index (χ1n) is 5.46. The van der Waals surface area contributed by atoms with Gasteiger partial charge in [-0.05, 0) is 24.3 Å². The fraction of sp³-hybridized carbons (Fsp3) is 0. The number of halogens is 2. The summed E-state index contributed by atoms with van der Waals surface area (Å²) >= 11 is 0. The van der Waals surface area contributed by atoms with Crippen LogP contribution in [0.15, 0.2) is 41.6 Å². The molecule has 0 fully saturated rings. The molecule has 0 aliphatic rings. The van der Waals surface area contributed by atoms with Gasteiger partial charge in [0.15, 0.2) is 11.6 Å². The van der Waals surface area contributed by atoms with Crippen LogP contribution in [0.5, 0.6) is 0 Å². The number of benzene rings is 1. The zero-order valence-electron chi connectivity index (χ0n) is 10.2. The standard InChI is InChI=1S/C12H8F2N2O4S/c13-9-5-7(12(17)18)6-10(11(9)14)21(19,20)16-8-1-3-15-4-2-8/h1-6H,(H,15,16)(H,17,18). The Balaban J connectivity index is 2.52. The molecule has 0 saturated heterocycles. The van der Waals surface area contributed by atoms with Crippen LogP contribution in [0, 0.1) is 11.6 Å². The monoisotopic (exact) mass is 314 g/mol. The van der Waals surface area contributed by atoms with Gasteiger partial charge in [0, 0.05) is 12.4 Å². The second-order valence-corrected chi connectivity index (χ2v) is 5.57. The van der Waals surface area contributed by atoms with Crippen molar-refractivity contribution >= 4 is 21.7 Å². The highest BCUT2D eigenvalue weighted by atomic mass is 32.2. The van der Waals surface area contributed by atoms with Crippen LogP contribution in [-0.2, 0) is 10.0 Å². The van der Waals surface area contributed by atoms with E-state index in [4.69, 9.17) is 5.11 Å². The van der Waals surface area contributed by atoms with Crippen LogP contribution in [0.3, 0.4) is 0 Å². The van der Waals surface area contributed by atoms with Crippen LogP contribution < -0.4 is 4.72 Å². The van der Waals surface area contributed by atoms with Gasteiger partial charge in [-0.15, -0.1) is 0 Å². The number of rotatable bonds is 4. The van der Waals surface area contributed by atoms with Crippen LogP contribution in [0.25, 0.3) is 0 Å². The molecule has 0 amide bonds. The van der Waals surface area contributed by atoms with Crippen molar-refractivity contribution in [3.05, 3.63) is 53.9 Å². The maximum Gasteiger partial charge on any atom is 0.335 e. The van der Waals surface area contributed by atoms with Crippen LogP contribution >= 0.6 is 0 Å². The van der Waals surface area contributed by atoms with Crippen molar-refractivity contribution in [1.29, 1.82) is 0 Å². The zero-order chi connectivity index (χ0) is 15.6. The lowest BCUT2D eigenvalue weighted by Gasteiger charge is -2.09. The maximum absolute atomic E-state index is 13.6. The third-order valence-electron chi connectivity index (χ3n) is 2.46. The largest absolute Gasteiger partial charge is 0.478 e. The fourth-order valence-corrected chi connectivity index (χ4v) is 2.68. The van der Waals surface area contributed by atoms with Gasteiger partial charge in [0.2, 0.25) is 0 Å². The molecule has 21 heavy (non-hydrogen) atoms. The van der Waals surface area contributed by atoms with Crippen LogP contribution in [0.2, 0.25) is 0 Å². The fourth-order valence-electron chi connectivity index (χ4n) is 1.51. The highest BCUT2D eigenvalue weighted by molar-refractivity contribution is 7.92. The molecule has 0 spiro atoms. The lowest BCUT2D eigenvalue weighted by Crippen LogP contribution is -2.16. The second-order valence-electron chi connectivity index (χ2n) is 3.92. The van der Waals surface area contributed by atoms with E-state index in [1.54, 1.807) is 0 Å². The van der Waals surface area contributed by atoms with E-state index < -0.39 is 38.1 Å². The Kier molecular flexibility index (Phi) is 3.85. The SMILES string of the molecule is O=C(O)c1cc(F)c(F)c(S(=O)(=O)Nc2ccncc2)c1. The van der Waals surface area contributed by atoms with E-state index in [9.17, 15) is 22.0 Å². The number of carboxylic acids is 1. The van der Waals surface area contributed by atoms with Crippen molar-refractivity contribution in [3.63, 3.8) is 0 Å². The van der Waals surface area contributed by atoms with Gasteiger partial charge in [0.05, 0.1) is 11.3 Å². The van der Waals surface area contributed by atoms with Crippen molar-refractivity contribution < 1.29 is 27.1 Å². The summed E-state index contributed by atoms with van der Waals surface area (Å²) in [7, 11) is -4.48. The quantitative estimate of drug-likeness (QED) is 0.898. The lowest BCUT2D eigenvalue weighted by atomic mass is 10.2. The number of carboxylic acid groups (broad SMARTS) is 1. The topological polar surface area (TPSA) is 96.4 Å². The molecule has 110 valence electrons. The average Bonchev–Trinajstić information content (AvgIpc) is 2.41. The van der Waals surface area contributed by atoms with Gasteiger partial charge in [-0.3, -0.25) is 9.71 Å². The predicted octanol–water partition coefficient (Wildman–Crippen LogP) is 1.86. The third-order valence-corrected chi connectivity index (χ3v) is 3.84. The number of aromatic carboxylic acids is 1. The van der Waals surface area contributed by atoms with E-state index >= 15 is 0 Å². The maximum atomic E-state index is 13.6. The van der Waals surface area contributed by atoms with Gasteiger partial charge in [-0.2, -0.15) is 0 Å². The number of anilines is 1. The minimum Gasteiger partial charge on any atom is -0.478 e. The number of hydrogen-bond donors (Lipinski definition) is 2. The van der Waals surface area contributed by atoms with Crippen LogP contribution in [0.1, 0.15) is 10.4 Å². The molecule has 9 heteroatoms. The molecule has 0 radical (unpaired) electrons. The lowest BCUT2D eigenvalue weighted by molar-refractivity contribution is 0.0696. The Bertz CT molecular complexity index is 794. The highest BCUT2D eigenvalue weighted by Crippen LogP contribution is 2.22. The molecule has 1 aromatic heterocycles. The molecule has 0 unspecified atom stereocenters. The molecule has 1 aromatic carbocycles. The first kappa shape index (κ1) is 14.9. The summed E-state index contributed by atoms with van der Waals surface area (Å²) in [4.78, 5) is 13.4. The number of nitrogens with one attached hydrogen (secondary N) is 1. The number of carbonyl (C=O) groups is 1. The van der Waals surface area contributed by atoms with Gasteiger partial charge in [0.25, 0.3) is 10.0 Å². The van der Waals surface area contributed by atoms with Crippen molar-refractivity contribution in [2.45, 2.75) is 4.90 Å². The molecule has 0 aliphatic heterocycles. The summed E-state index contributed by atoms with van der Waals surface area (Å²) in [6.07, 6.45) is 2.59. The first-order chi connectivity index (χ1) is 9.81. The van der Waals surface area contributed by atoms with E-state index in [-0.39, 0.29) is 5.69 Å². The smallest absolute Gasteiger partial charge is 0.335 e. The predicted molar refractivity (Wildman–Crippen MR) is 68.4 cm³/mol. The summed E-state index contributed by atoms with van der Waals surface area (Å²) in [5.74, 6) is -4.79. The summed E-state index contributed by atoms with van der Waals surface area (Å²) in [6.45, 7) is 0. The molecule has 2 aromatic rings. The number of hydrogen-bond acceptors (Lipinski definition) is 4. The third kappa shape index (κ3) is 3.14. The Labute approximate surface area is 118 Å². The van der Waals surface area contributed by atoms with Gasteiger partial charge in [-0.1, -0.05) is 0 Å². The van der Waals surface area contributed by atoms with E-state index in [0.717, 1.165) is 0 Å². The van der Waals surface area contributed by atoms with Crippen LogP contribution in [0.4, 0.5) is 14.5 Å². The Morgan fingerprint density at radius 1 is 1.19 bits per heavy atom. The summed E-state index contributed by atoms with van der Waals surface area (Å²) in [6, 6.07) is 3.55. The summed E-state index contributed by atoms with van der Waals surface area (Å²) < 4.78 is 53.0. The molecule has 0 bridgehead atoms. The molecular formula is C12H8F2N2O4S. The van der Waals surface area contributed by atoms with E-state index in [1.807, 2.05) is 4.72 Å². The Morgan fingerprint density at radius 3 is 2.38 bits per heavy atom. The van der Waals surface area contributed by atoms with Crippen molar-refractivity contribution in [3.8, 4) is 0 Å². The van der Waals surface area contributed by atoms with Crippen molar-refractivity contribution in [2.24, 2.45) is 0 Å². The number of nitrogens with zero attached hydrogens (tertiary/aromatic N) is 1. The first-order valence-corrected chi connectivity index (χ1v) is 6.95. The highest BCUT2D eigenvalue weighted by Gasteiger charge is 2.24. The molecule has 0 saturated carbocycles. The Morgan fingerprint density at radius 2 is 1.81 bits per heavy atom.